The lowest BCUT2D eigenvalue weighted by Gasteiger charge is -2.18. The fourth-order valence-electron chi connectivity index (χ4n) is 3.45. The number of benzene rings is 1. The number of hydrogen-bond donors (Lipinski definition) is 2. The van der Waals surface area contributed by atoms with Crippen LogP contribution in [0, 0.1) is 17.2 Å². The first kappa shape index (κ1) is 18.7. The summed E-state index contributed by atoms with van der Waals surface area (Å²) in [6.45, 7) is 3.17. The average molecular weight is 414 g/mol. The third-order valence-corrected chi connectivity index (χ3v) is 6.26. The van der Waals surface area contributed by atoms with E-state index in [-0.39, 0.29) is 11.0 Å². The minimum Gasteiger partial charge on any atom is -0.486 e. The summed E-state index contributed by atoms with van der Waals surface area (Å²) in [5.41, 5.74) is 2.19. The number of nitrogens with zero attached hydrogens (tertiary/aromatic N) is 1. The first-order valence-corrected chi connectivity index (χ1v) is 10.3. The van der Waals surface area contributed by atoms with Crippen LogP contribution in [0.2, 0.25) is 0 Å². The summed E-state index contributed by atoms with van der Waals surface area (Å²) < 4.78 is 11.0. The highest BCUT2D eigenvalue weighted by Gasteiger charge is 2.24. The van der Waals surface area contributed by atoms with E-state index >= 15 is 0 Å². The molecule has 1 aliphatic carbocycles. The highest BCUT2D eigenvalue weighted by Crippen LogP contribution is 2.39. The standard InChI is InChI=1S/C20H19N3O3S2/c1-11-2-4-13-14(10-21)19(28-17(13)8-11)23-20(27)22-18(24)12-3-5-15-16(9-12)26-7-6-25-15/h3,5,9,11H,2,4,6-8H2,1H3,(H2,22,23,24,27). The molecule has 4 rings (SSSR count). The summed E-state index contributed by atoms with van der Waals surface area (Å²) in [4.78, 5) is 13.8. The van der Waals surface area contributed by atoms with Gasteiger partial charge in [0, 0.05) is 10.4 Å². The van der Waals surface area contributed by atoms with E-state index in [1.54, 1.807) is 29.5 Å². The van der Waals surface area contributed by atoms with Gasteiger partial charge in [-0.1, -0.05) is 6.92 Å². The maximum Gasteiger partial charge on any atom is 0.257 e. The second-order valence-electron chi connectivity index (χ2n) is 6.93. The first-order chi connectivity index (χ1) is 13.5. The second-order valence-corrected chi connectivity index (χ2v) is 8.45. The van der Waals surface area contributed by atoms with Crippen LogP contribution in [0.1, 0.15) is 39.7 Å². The molecule has 0 radical (unpaired) electrons. The van der Waals surface area contributed by atoms with Crippen molar-refractivity contribution in [2.75, 3.05) is 18.5 Å². The molecule has 0 spiro atoms. The Kier molecular flexibility index (Phi) is 5.20. The minimum absolute atomic E-state index is 0.169. The van der Waals surface area contributed by atoms with Gasteiger partial charge in [-0.25, -0.2) is 0 Å². The highest BCUT2D eigenvalue weighted by atomic mass is 32.1. The summed E-state index contributed by atoms with van der Waals surface area (Å²) in [5, 5.41) is 16.2. The number of rotatable bonds is 2. The average Bonchev–Trinajstić information content (AvgIpc) is 3.03. The molecule has 1 aliphatic heterocycles. The lowest BCUT2D eigenvalue weighted by Crippen LogP contribution is -2.34. The fraction of sp³-hybridized carbons (Fsp3) is 0.350. The molecule has 28 heavy (non-hydrogen) atoms. The molecule has 0 saturated heterocycles. The van der Waals surface area contributed by atoms with Gasteiger partial charge in [-0.2, -0.15) is 5.26 Å². The molecule has 144 valence electrons. The Morgan fingerprint density at radius 3 is 2.89 bits per heavy atom. The zero-order valence-corrected chi connectivity index (χ0v) is 17.0. The Labute approximate surface area is 172 Å². The third kappa shape index (κ3) is 3.68. The summed E-state index contributed by atoms with van der Waals surface area (Å²) in [7, 11) is 0. The Morgan fingerprint density at radius 1 is 1.32 bits per heavy atom. The van der Waals surface area contributed by atoms with Gasteiger partial charge >= 0.3 is 0 Å². The molecule has 1 aromatic carbocycles. The van der Waals surface area contributed by atoms with E-state index in [0.29, 0.717) is 46.8 Å². The normalized spacial score (nSPS) is 17.2. The molecule has 0 fully saturated rings. The van der Waals surface area contributed by atoms with Gasteiger partial charge in [0.05, 0.1) is 5.56 Å². The van der Waals surface area contributed by atoms with Crippen molar-refractivity contribution in [3.63, 3.8) is 0 Å². The zero-order chi connectivity index (χ0) is 19.7. The van der Waals surface area contributed by atoms with E-state index in [9.17, 15) is 10.1 Å². The van der Waals surface area contributed by atoms with E-state index in [1.807, 2.05) is 0 Å². The Hall–Kier alpha value is -2.63. The van der Waals surface area contributed by atoms with Gasteiger partial charge in [-0.05, 0) is 61.2 Å². The van der Waals surface area contributed by atoms with Gasteiger partial charge < -0.3 is 14.8 Å². The molecule has 1 amide bonds. The van der Waals surface area contributed by atoms with Crippen molar-refractivity contribution in [2.24, 2.45) is 5.92 Å². The largest absolute Gasteiger partial charge is 0.486 e. The number of anilines is 1. The van der Waals surface area contributed by atoms with Crippen molar-refractivity contribution in [1.82, 2.24) is 5.32 Å². The zero-order valence-electron chi connectivity index (χ0n) is 15.3. The van der Waals surface area contributed by atoms with Crippen molar-refractivity contribution in [2.45, 2.75) is 26.2 Å². The van der Waals surface area contributed by atoms with Gasteiger partial charge in [0.15, 0.2) is 16.6 Å². The molecule has 1 atom stereocenters. The summed E-state index contributed by atoms with van der Waals surface area (Å²) in [5.74, 6) is 1.44. The number of carbonyl (C=O) groups excluding carboxylic acids is 1. The monoisotopic (exact) mass is 413 g/mol. The number of amides is 1. The van der Waals surface area contributed by atoms with Crippen LogP contribution in [-0.4, -0.2) is 24.2 Å². The van der Waals surface area contributed by atoms with Crippen LogP contribution >= 0.6 is 23.6 Å². The number of nitriles is 1. The molecule has 2 heterocycles. The summed E-state index contributed by atoms with van der Waals surface area (Å²) >= 11 is 6.85. The van der Waals surface area contributed by atoms with E-state index in [2.05, 4.69) is 23.6 Å². The van der Waals surface area contributed by atoms with Crippen LogP contribution in [0.4, 0.5) is 5.00 Å². The molecule has 8 heteroatoms. The van der Waals surface area contributed by atoms with Crippen molar-refractivity contribution < 1.29 is 14.3 Å². The van der Waals surface area contributed by atoms with Gasteiger partial charge in [-0.15, -0.1) is 11.3 Å². The number of thiophene rings is 1. The molecular weight excluding hydrogens is 394 g/mol. The smallest absolute Gasteiger partial charge is 0.257 e. The maximum atomic E-state index is 12.5. The molecule has 6 nitrogen and oxygen atoms in total. The summed E-state index contributed by atoms with van der Waals surface area (Å²) in [6, 6.07) is 7.30. The van der Waals surface area contributed by atoms with E-state index in [0.717, 1.165) is 24.8 Å². The Balaban J connectivity index is 1.46. The fourth-order valence-corrected chi connectivity index (χ4v) is 5.08. The molecule has 2 N–H and O–H groups in total. The number of fused-ring (bicyclic) bond motifs is 2. The molecule has 1 unspecified atom stereocenters. The minimum atomic E-state index is -0.345. The van der Waals surface area contributed by atoms with Crippen molar-refractivity contribution in [1.29, 1.82) is 5.26 Å². The first-order valence-electron chi connectivity index (χ1n) is 9.11. The van der Waals surface area contributed by atoms with Crippen molar-refractivity contribution in [3.05, 3.63) is 39.8 Å². The number of hydrogen-bond acceptors (Lipinski definition) is 6. The molecule has 0 bridgehead atoms. The quantitative estimate of drug-likeness (QED) is 0.732. The van der Waals surface area contributed by atoms with Crippen LogP contribution in [-0.2, 0) is 12.8 Å². The predicted octanol–water partition coefficient (Wildman–Crippen LogP) is 3.64. The number of nitrogens with one attached hydrogen (secondary N) is 2. The Morgan fingerprint density at radius 2 is 2.11 bits per heavy atom. The van der Waals surface area contributed by atoms with Crippen LogP contribution in [0.5, 0.6) is 11.5 Å². The van der Waals surface area contributed by atoms with Crippen LogP contribution in [0.15, 0.2) is 18.2 Å². The SMILES string of the molecule is CC1CCc2c(sc(NC(=S)NC(=O)c3ccc4c(c3)OCCO4)c2C#N)C1. The van der Waals surface area contributed by atoms with Crippen molar-refractivity contribution in [3.8, 4) is 17.6 Å². The molecule has 2 aliphatic rings. The molecule has 2 aromatic rings. The van der Waals surface area contributed by atoms with Crippen LogP contribution < -0.4 is 20.1 Å². The highest BCUT2D eigenvalue weighted by molar-refractivity contribution is 7.80. The van der Waals surface area contributed by atoms with E-state index in [4.69, 9.17) is 21.7 Å². The van der Waals surface area contributed by atoms with Crippen molar-refractivity contribution >= 4 is 39.6 Å². The maximum absolute atomic E-state index is 12.5. The summed E-state index contributed by atoms with van der Waals surface area (Å²) in [6.07, 6.45) is 2.98. The Bertz CT molecular complexity index is 993. The number of carbonyl (C=O) groups is 1. The number of ether oxygens (including phenoxy) is 2. The second kappa shape index (κ2) is 7.78. The van der Waals surface area contributed by atoms with Gasteiger partial charge in [0.2, 0.25) is 0 Å². The van der Waals surface area contributed by atoms with Crippen LogP contribution in [0.3, 0.4) is 0 Å². The lowest BCUT2D eigenvalue weighted by atomic mass is 9.89. The van der Waals surface area contributed by atoms with Crippen LogP contribution in [0.25, 0.3) is 0 Å². The predicted molar refractivity (Wildman–Crippen MR) is 111 cm³/mol. The third-order valence-electron chi connectivity index (χ3n) is 4.88. The topological polar surface area (TPSA) is 83.4 Å². The molecule has 0 saturated carbocycles. The van der Waals surface area contributed by atoms with E-state index < -0.39 is 0 Å². The molecular formula is C20H19N3O3S2. The lowest BCUT2D eigenvalue weighted by molar-refractivity contribution is 0.0976. The number of thiocarbonyl (C=S) groups is 1. The van der Waals surface area contributed by atoms with Gasteiger partial charge in [-0.3, -0.25) is 10.1 Å². The van der Waals surface area contributed by atoms with E-state index in [1.165, 1.54) is 4.88 Å². The molecule has 1 aromatic heterocycles. The van der Waals surface area contributed by atoms with Gasteiger partial charge in [0.25, 0.3) is 5.91 Å². The van der Waals surface area contributed by atoms with Gasteiger partial charge in [0.1, 0.15) is 24.3 Å².